The Morgan fingerprint density at radius 1 is 0.784 bits per heavy atom. The zero-order valence-corrected chi connectivity index (χ0v) is 22.7. The van der Waals surface area contributed by atoms with E-state index in [2.05, 4.69) is 10.2 Å². The number of rotatable bonds is 18. The van der Waals surface area contributed by atoms with Gasteiger partial charge in [0.15, 0.2) is 0 Å². The molecule has 0 spiro atoms. The van der Waals surface area contributed by atoms with Gasteiger partial charge in [0.05, 0.1) is 50.7 Å². The van der Waals surface area contributed by atoms with Gasteiger partial charge in [-0.2, -0.15) is 10.2 Å². The molecule has 0 aliphatic rings. The summed E-state index contributed by atoms with van der Waals surface area (Å²) in [6.45, 7) is 1.46. The number of nitro groups is 1. The molecule has 1 unspecified atom stereocenters. The summed E-state index contributed by atoms with van der Waals surface area (Å²) < 4.78 is 27.9. The molecule has 0 fully saturated rings. The first-order valence-corrected chi connectivity index (χ1v) is 13.8. The van der Waals surface area contributed by atoms with Crippen LogP contribution in [0.15, 0.2) is 58.8 Å². The number of benzene rings is 2. The molecular formula is C25H37N4O7P. The van der Waals surface area contributed by atoms with Crippen molar-refractivity contribution < 1.29 is 32.6 Å². The molecule has 11 nitrogen and oxygen atoms in total. The van der Waals surface area contributed by atoms with E-state index in [9.17, 15) is 19.6 Å². The summed E-state index contributed by atoms with van der Waals surface area (Å²) in [7, 11) is 1.68. The van der Waals surface area contributed by atoms with Crippen LogP contribution in [0.1, 0.15) is 38.5 Å². The monoisotopic (exact) mass is 536 g/mol. The topological polar surface area (TPSA) is 136 Å². The van der Waals surface area contributed by atoms with E-state index in [1.807, 2.05) is 33.3 Å². The molecule has 0 aliphatic heterocycles. The predicted molar refractivity (Wildman–Crippen MR) is 139 cm³/mol. The Kier molecular flexibility index (Phi) is 12.8. The molecule has 0 aliphatic carbocycles. The normalized spacial score (nSPS) is 13.5. The minimum Gasteiger partial charge on any atom is -0.756 e. The first-order valence-electron chi connectivity index (χ1n) is 12.3. The minimum absolute atomic E-state index is 0.0101. The average molecular weight is 537 g/mol. The van der Waals surface area contributed by atoms with Crippen molar-refractivity contribution in [2.75, 3.05) is 47.5 Å². The highest BCUT2D eigenvalue weighted by molar-refractivity contribution is 7.45. The lowest BCUT2D eigenvalue weighted by atomic mass is 10.1. The number of hydrogen-bond donors (Lipinski definition) is 0. The summed E-state index contributed by atoms with van der Waals surface area (Å²) in [4.78, 5) is 21.9. The standard InChI is InChI=1S/C25H37N4O7P/c1-29(2,3)18-21-36-37(32,33)35-20-9-7-5-4-6-8-19-34-25-16-12-23(13-17-25)27-26-22-10-14-24(15-11-22)28(30)31/h10-17H,4-9,18-21H2,1-3H3. The SMILES string of the molecule is C[N+](C)(C)CCOP(=O)([O-])OCCCCCCCCOc1ccc(N=Nc2ccc([N+](=O)[O-])cc2)cc1. The number of unbranched alkanes of at least 4 members (excludes halogenated alkanes) is 5. The van der Waals surface area contributed by atoms with Crippen molar-refractivity contribution in [1.82, 2.24) is 0 Å². The first kappa shape index (κ1) is 30.5. The van der Waals surface area contributed by atoms with Crippen LogP contribution in [0.2, 0.25) is 0 Å². The molecule has 0 N–H and O–H groups in total. The van der Waals surface area contributed by atoms with Crippen LogP contribution in [-0.4, -0.2) is 56.9 Å². The zero-order valence-electron chi connectivity index (χ0n) is 21.8. The number of hydrogen-bond acceptors (Lipinski definition) is 9. The van der Waals surface area contributed by atoms with E-state index in [-0.39, 0.29) is 18.9 Å². The van der Waals surface area contributed by atoms with Crippen LogP contribution >= 0.6 is 7.82 Å². The molecule has 1 atom stereocenters. The van der Waals surface area contributed by atoms with Gasteiger partial charge in [0.25, 0.3) is 13.5 Å². The Labute approximate surface area is 218 Å². The zero-order chi connectivity index (χ0) is 27.2. The lowest BCUT2D eigenvalue weighted by Gasteiger charge is -2.27. The van der Waals surface area contributed by atoms with Crippen molar-refractivity contribution in [3.8, 4) is 5.75 Å². The summed E-state index contributed by atoms with van der Waals surface area (Å²) >= 11 is 0. The molecule has 204 valence electrons. The highest BCUT2D eigenvalue weighted by Gasteiger charge is 2.13. The molecule has 0 amide bonds. The maximum Gasteiger partial charge on any atom is 0.269 e. The number of phosphoric acid groups is 1. The number of quaternary nitrogens is 1. The molecule has 37 heavy (non-hydrogen) atoms. The van der Waals surface area contributed by atoms with Crippen LogP contribution in [0, 0.1) is 10.1 Å². The molecule has 2 aromatic rings. The smallest absolute Gasteiger partial charge is 0.269 e. The molecular weight excluding hydrogens is 499 g/mol. The molecule has 0 bridgehead atoms. The van der Waals surface area contributed by atoms with E-state index >= 15 is 0 Å². The predicted octanol–water partition coefficient (Wildman–Crippen LogP) is 5.94. The van der Waals surface area contributed by atoms with Crippen LogP contribution in [0.3, 0.4) is 0 Å². The number of nitrogens with zero attached hydrogens (tertiary/aromatic N) is 4. The van der Waals surface area contributed by atoms with Gasteiger partial charge in [-0.1, -0.05) is 25.7 Å². The first-order chi connectivity index (χ1) is 17.5. The summed E-state index contributed by atoms with van der Waals surface area (Å²) in [5.41, 5.74) is 1.19. The fraction of sp³-hybridized carbons (Fsp3) is 0.520. The van der Waals surface area contributed by atoms with Crippen LogP contribution in [-0.2, 0) is 13.6 Å². The van der Waals surface area contributed by atoms with Crippen LogP contribution in [0.4, 0.5) is 17.1 Å². The van der Waals surface area contributed by atoms with E-state index in [4.69, 9.17) is 13.8 Å². The molecule has 0 aromatic heterocycles. The maximum absolute atomic E-state index is 11.7. The molecule has 2 aromatic carbocycles. The lowest BCUT2D eigenvalue weighted by molar-refractivity contribution is -0.870. The molecule has 0 heterocycles. The number of nitro benzene ring substituents is 1. The van der Waals surface area contributed by atoms with Crippen LogP contribution < -0.4 is 9.63 Å². The lowest BCUT2D eigenvalue weighted by Crippen LogP contribution is -2.37. The van der Waals surface area contributed by atoms with E-state index < -0.39 is 12.7 Å². The van der Waals surface area contributed by atoms with Gasteiger partial charge >= 0.3 is 0 Å². The quantitative estimate of drug-likeness (QED) is 0.0574. The number of phosphoric ester groups is 1. The molecule has 0 saturated heterocycles. The number of ether oxygens (including phenoxy) is 1. The summed E-state index contributed by atoms with van der Waals surface area (Å²) in [5, 5.41) is 18.9. The second-order valence-electron chi connectivity index (χ2n) is 9.56. The Bertz CT molecular complexity index is 1020. The molecule has 0 saturated carbocycles. The van der Waals surface area contributed by atoms with Gasteiger partial charge in [0, 0.05) is 12.1 Å². The summed E-state index contributed by atoms with van der Waals surface area (Å²) in [6, 6.07) is 13.1. The summed E-state index contributed by atoms with van der Waals surface area (Å²) in [5.74, 6) is 0.747. The van der Waals surface area contributed by atoms with Crippen molar-refractivity contribution >= 4 is 24.9 Å². The van der Waals surface area contributed by atoms with E-state index in [1.54, 1.807) is 24.3 Å². The average Bonchev–Trinajstić information content (AvgIpc) is 2.84. The highest BCUT2D eigenvalue weighted by Crippen LogP contribution is 2.38. The van der Waals surface area contributed by atoms with Crippen molar-refractivity contribution in [3.63, 3.8) is 0 Å². The molecule has 12 heteroatoms. The van der Waals surface area contributed by atoms with Crippen LogP contribution in [0.5, 0.6) is 5.75 Å². The van der Waals surface area contributed by atoms with Gasteiger partial charge in [-0.25, -0.2) is 0 Å². The second kappa shape index (κ2) is 15.5. The van der Waals surface area contributed by atoms with E-state index in [0.29, 0.717) is 35.4 Å². The van der Waals surface area contributed by atoms with E-state index in [1.165, 1.54) is 12.1 Å². The van der Waals surface area contributed by atoms with Crippen molar-refractivity contribution in [2.45, 2.75) is 38.5 Å². The van der Waals surface area contributed by atoms with Gasteiger partial charge in [0.2, 0.25) is 0 Å². The highest BCUT2D eigenvalue weighted by atomic mass is 31.2. The van der Waals surface area contributed by atoms with Gasteiger partial charge in [-0.3, -0.25) is 14.7 Å². The van der Waals surface area contributed by atoms with Crippen molar-refractivity contribution in [3.05, 3.63) is 58.6 Å². The third kappa shape index (κ3) is 14.0. The number of non-ortho nitro benzene ring substituents is 1. The van der Waals surface area contributed by atoms with Crippen LogP contribution in [0.25, 0.3) is 0 Å². The van der Waals surface area contributed by atoms with Gasteiger partial charge in [-0.05, 0) is 49.2 Å². The molecule has 2 rings (SSSR count). The Morgan fingerprint density at radius 3 is 1.81 bits per heavy atom. The second-order valence-corrected chi connectivity index (χ2v) is 11.0. The number of azo groups is 1. The van der Waals surface area contributed by atoms with Gasteiger partial charge < -0.3 is 23.2 Å². The third-order valence-corrected chi connectivity index (χ3v) is 6.24. The Morgan fingerprint density at radius 2 is 1.27 bits per heavy atom. The molecule has 0 radical (unpaired) electrons. The fourth-order valence-electron chi connectivity index (χ4n) is 3.11. The van der Waals surface area contributed by atoms with Gasteiger partial charge in [-0.15, -0.1) is 0 Å². The van der Waals surface area contributed by atoms with Crippen molar-refractivity contribution in [1.29, 1.82) is 0 Å². The van der Waals surface area contributed by atoms with E-state index in [0.717, 1.165) is 37.9 Å². The van der Waals surface area contributed by atoms with Gasteiger partial charge in [0.1, 0.15) is 18.9 Å². The minimum atomic E-state index is -4.21. The fourth-order valence-corrected chi connectivity index (χ4v) is 3.84. The third-order valence-electron chi connectivity index (χ3n) is 5.25. The number of likely N-dealkylation sites (N-methyl/N-ethyl adjacent to an activating group) is 1. The summed E-state index contributed by atoms with van der Waals surface area (Å²) in [6.07, 6.45) is 5.57. The Hall–Kier alpha value is -2.69. The largest absolute Gasteiger partial charge is 0.756 e. The van der Waals surface area contributed by atoms with Crippen molar-refractivity contribution in [2.24, 2.45) is 10.2 Å². The maximum atomic E-state index is 11.7. The Balaban J connectivity index is 1.51.